The Balaban J connectivity index is 2.03. The highest BCUT2D eigenvalue weighted by Crippen LogP contribution is 2.20. The lowest BCUT2D eigenvalue weighted by Gasteiger charge is -2.31. The Morgan fingerprint density at radius 1 is 1.38 bits per heavy atom. The highest BCUT2D eigenvalue weighted by atomic mass is 32.2. The minimum absolute atomic E-state index is 0.0805. The fraction of sp³-hybridized carbons (Fsp3) is 0.667. The van der Waals surface area contributed by atoms with Gasteiger partial charge in [-0.2, -0.15) is 0 Å². The fourth-order valence-electron chi connectivity index (χ4n) is 2.41. The monoisotopic (exact) mass is 314 g/mol. The first-order chi connectivity index (χ1) is 9.93. The number of hydrogen-bond donors (Lipinski definition) is 2. The van der Waals surface area contributed by atoms with E-state index in [1.54, 1.807) is 7.05 Å². The van der Waals surface area contributed by atoms with Crippen molar-refractivity contribution in [2.75, 3.05) is 39.2 Å². The second-order valence-electron chi connectivity index (χ2n) is 5.42. The smallest absolute Gasteiger partial charge is 0.245 e. The molecule has 1 fully saturated rings. The first kappa shape index (κ1) is 16.1. The molecule has 0 unspecified atom stereocenters. The van der Waals surface area contributed by atoms with Crippen LogP contribution in [-0.2, 0) is 10.0 Å². The Labute approximate surface area is 125 Å². The minimum atomic E-state index is -3.55. The normalized spacial score (nSPS) is 18.1. The average Bonchev–Trinajstić information content (AvgIpc) is 2.49. The number of nitrogens with two attached hydrogens (primary N) is 1. The SMILES string of the molecule is CN1CCC(CN(C)S(=O)(=O)c2cnc(NN)nc2)CC1. The second kappa shape index (κ2) is 6.65. The Bertz CT molecular complexity index is 554. The zero-order valence-electron chi connectivity index (χ0n) is 12.4. The summed E-state index contributed by atoms with van der Waals surface area (Å²) in [4.78, 5) is 10.0. The molecule has 0 saturated carbocycles. The molecule has 0 aromatic carbocycles. The molecule has 21 heavy (non-hydrogen) atoms. The van der Waals surface area contributed by atoms with E-state index in [4.69, 9.17) is 5.84 Å². The van der Waals surface area contributed by atoms with Crippen molar-refractivity contribution < 1.29 is 8.42 Å². The summed E-state index contributed by atoms with van der Waals surface area (Å²) in [6, 6.07) is 0. The highest BCUT2D eigenvalue weighted by molar-refractivity contribution is 7.89. The number of anilines is 1. The molecular weight excluding hydrogens is 292 g/mol. The number of piperidine rings is 1. The number of nitrogens with zero attached hydrogens (tertiary/aromatic N) is 4. The molecule has 9 heteroatoms. The second-order valence-corrected chi connectivity index (χ2v) is 7.46. The van der Waals surface area contributed by atoms with Crippen LogP contribution >= 0.6 is 0 Å². The van der Waals surface area contributed by atoms with Gasteiger partial charge in [0.05, 0.1) is 12.4 Å². The molecule has 0 radical (unpaired) electrons. The molecule has 8 nitrogen and oxygen atoms in total. The number of nitrogen functional groups attached to an aromatic ring is 1. The number of likely N-dealkylation sites (tertiary alicyclic amines) is 1. The Hall–Kier alpha value is -1.29. The van der Waals surface area contributed by atoms with Gasteiger partial charge in [-0.05, 0) is 38.9 Å². The van der Waals surface area contributed by atoms with E-state index in [-0.39, 0.29) is 10.8 Å². The molecule has 3 N–H and O–H groups in total. The first-order valence-corrected chi connectivity index (χ1v) is 8.31. The fourth-order valence-corrected chi connectivity index (χ4v) is 3.55. The van der Waals surface area contributed by atoms with Crippen molar-refractivity contribution in [1.82, 2.24) is 19.2 Å². The molecule has 0 atom stereocenters. The van der Waals surface area contributed by atoms with Crippen molar-refractivity contribution in [2.45, 2.75) is 17.7 Å². The third kappa shape index (κ3) is 3.88. The van der Waals surface area contributed by atoms with E-state index in [2.05, 4.69) is 27.3 Å². The van der Waals surface area contributed by atoms with E-state index >= 15 is 0 Å². The number of aromatic nitrogens is 2. The largest absolute Gasteiger partial charge is 0.306 e. The van der Waals surface area contributed by atoms with Crippen LogP contribution in [0.4, 0.5) is 5.95 Å². The summed E-state index contributed by atoms with van der Waals surface area (Å²) in [5.74, 6) is 5.75. The topological polar surface area (TPSA) is 104 Å². The zero-order valence-corrected chi connectivity index (χ0v) is 13.2. The molecular formula is C12H22N6O2S. The van der Waals surface area contributed by atoms with Gasteiger partial charge in [-0.1, -0.05) is 0 Å². The maximum atomic E-state index is 12.5. The van der Waals surface area contributed by atoms with Crippen molar-refractivity contribution in [3.8, 4) is 0 Å². The summed E-state index contributed by atoms with van der Waals surface area (Å²) in [5.41, 5.74) is 2.27. The Morgan fingerprint density at radius 3 is 2.48 bits per heavy atom. The van der Waals surface area contributed by atoms with Crippen LogP contribution in [0.1, 0.15) is 12.8 Å². The lowest BCUT2D eigenvalue weighted by molar-refractivity contribution is 0.202. The van der Waals surface area contributed by atoms with Gasteiger partial charge in [-0.25, -0.2) is 28.5 Å². The summed E-state index contributed by atoms with van der Waals surface area (Å²) >= 11 is 0. The van der Waals surface area contributed by atoms with Crippen LogP contribution in [0, 0.1) is 5.92 Å². The minimum Gasteiger partial charge on any atom is -0.306 e. The zero-order chi connectivity index (χ0) is 15.5. The van der Waals surface area contributed by atoms with Crippen LogP contribution in [0.2, 0.25) is 0 Å². The van der Waals surface area contributed by atoms with E-state index in [0.717, 1.165) is 25.9 Å². The van der Waals surface area contributed by atoms with Gasteiger partial charge in [0.2, 0.25) is 16.0 Å². The van der Waals surface area contributed by atoms with Gasteiger partial charge in [0.1, 0.15) is 4.90 Å². The average molecular weight is 314 g/mol. The predicted octanol–water partition coefficient (Wildman–Crippen LogP) is -0.275. The third-order valence-electron chi connectivity index (χ3n) is 3.82. The summed E-state index contributed by atoms with van der Waals surface area (Å²) in [6.45, 7) is 2.55. The molecule has 2 rings (SSSR count). The number of nitrogens with one attached hydrogen (secondary N) is 1. The van der Waals surface area contributed by atoms with Gasteiger partial charge < -0.3 is 4.90 Å². The lowest BCUT2D eigenvalue weighted by Crippen LogP contribution is -2.38. The van der Waals surface area contributed by atoms with Gasteiger partial charge in [0.25, 0.3) is 0 Å². The van der Waals surface area contributed by atoms with Crippen LogP contribution in [0.25, 0.3) is 0 Å². The standard InChI is InChI=1S/C12H22N6O2S/c1-17-5-3-10(4-6-17)9-18(2)21(19,20)11-7-14-12(16-13)15-8-11/h7-8,10H,3-6,9,13H2,1-2H3,(H,14,15,16). The van der Waals surface area contributed by atoms with Gasteiger partial charge >= 0.3 is 0 Å². The van der Waals surface area contributed by atoms with E-state index in [0.29, 0.717) is 12.5 Å². The van der Waals surface area contributed by atoms with E-state index < -0.39 is 10.0 Å². The van der Waals surface area contributed by atoms with Crippen molar-refractivity contribution in [2.24, 2.45) is 11.8 Å². The molecule has 1 aliphatic heterocycles. The molecule has 118 valence electrons. The predicted molar refractivity (Wildman–Crippen MR) is 79.9 cm³/mol. The van der Waals surface area contributed by atoms with Crippen LogP contribution in [-0.4, -0.2) is 61.3 Å². The van der Waals surface area contributed by atoms with Crippen LogP contribution in [0.5, 0.6) is 0 Å². The number of hydrazine groups is 1. The summed E-state index contributed by atoms with van der Waals surface area (Å²) in [6.07, 6.45) is 4.57. The van der Waals surface area contributed by atoms with Gasteiger partial charge in [-0.3, -0.25) is 5.43 Å². The molecule has 2 heterocycles. The van der Waals surface area contributed by atoms with Crippen LogP contribution in [0.15, 0.2) is 17.3 Å². The highest BCUT2D eigenvalue weighted by Gasteiger charge is 2.26. The van der Waals surface area contributed by atoms with Crippen molar-refractivity contribution in [3.63, 3.8) is 0 Å². The lowest BCUT2D eigenvalue weighted by atomic mass is 9.97. The number of rotatable bonds is 5. The first-order valence-electron chi connectivity index (χ1n) is 6.87. The summed E-state index contributed by atoms with van der Waals surface area (Å²) in [5, 5.41) is 0. The van der Waals surface area contributed by atoms with E-state index in [9.17, 15) is 8.42 Å². The van der Waals surface area contributed by atoms with Gasteiger partial charge in [0, 0.05) is 13.6 Å². The Morgan fingerprint density at radius 2 is 1.95 bits per heavy atom. The summed E-state index contributed by atoms with van der Waals surface area (Å²) in [7, 11) is 0.134. The molecule has 1 aromatic rings. The third-order valence-corrected chi connectivity index (χ3v) is 5.60. The van der Waals surface area contributed by atoms with Gasteiger partial charge in [-0.15, -0.1) is 0 Å². The van der Waals surface area contributed by atoms with E-state index in [1.165, 1.54) is 16.7 Å². The molecule has 0 amide bonds. The Kier molecular flexibility index (Phi) is 5.09. The quantitative estimate of drug-likeness (QED) is 0.569. The summed E-state index contributed by atoms with van der Waals surface area (Å²) < 4.78 is 26.3. The molecule has 0 aliphatic carbocycles. The number of sulfonamides is 1. The molecule has 0 spiro atoms. The maximum Gasteiger partial charge on any atom is 0.245 e. The molecule has 1 saturated heterocycles. The van der Waals surface area contributed by atoms with Crippen LogP contribution < -0.4 is 11.3 Å². The van der Waals surface area contributed by atoms with Crippen molar-refractivity contribution in [1.29, 1.82) is 0 Å². The molecule has 1 aromatic heterocycles. The van der Waals surface area contributed by atoms with Crippen molar-refractivity contribution >= 4 is 16.0 Å². The number of hydrogen-bond acceptors (Lipinski definition) is 7. The molecule has 1 aliphatic rings. The van der Waals surface area contributed by atoms with Gasteiger partial charge in [0.15, 0.2) is 0 Å². The van der Waals surface area contributed by atoms with E-state index in [1.807, 2.05) is 0 Å². The molecule has 0 bridgehead atoms. The van der Waals surface area contributed by atoms with Crippen LogP contribution in [0.3, 0.4) is 0 Å². The maximum absolute atomic E-state index is 12.5. The van der Waals surface area contributed by atoms with Crippen molar-refractivity contribution in [3.05, 3.63) is 12.4 Å².